The zero-order chi connectivity index (χ0) is 24.8. The van der Waals surface area contributed by atoms with Crippen LogP contribution in [0.4, 0.5) is 4.79 Å². The molecular formula is C27H32N2O6. The van der Waals surface area contributed by atoms with Gasteiger partial charge >= 0.3 is 12.1 Å². The molecule has 1 fully saturated rings. The fourth-order valence-electron chi connectivity index (χ4n) is 4.91. The van der Waals surface area contributed by atoms with E-state index in [4.69, 9.17) is 9.47 Å². The van der Waals surface area contributed by atoms with Crippen molar-refractivity contribution in [3.8, 4) is 11.1 Å². The molecule has 4 rings (SSSR count). The summed E-state index contributed by atoms with van der Waals surface area (Å²) in [4.78, 5) is 36.0. The second-order valence-electron chi connectivity index (χ2n) is 9.16. The lowest BCUT2D eigenvalue weighted by molar-refractivity contribution is -0.142. The Morgan fingerprint density at radius 3 is 2.34 bits per heavy atom. The van der Waals surface area contributed by atoms with Crippen LogP contribution in [0.3, 0.4) is 0 Å². The first-order chi connectivity index (χ1) is 17.0. The van der Waals surface area contributed by atoms with E-state index in [2.05, 4.69) is 34.9 Å². The molecule has 2 aromatic rings. The van der Waals surface area contributed by atoms with Crippen LogP contribution in [0, 0.1) is 11.8 Å². The number of aliphatic carboxylic acids is 1. The van der Waals surface area contributed by atoms with Crippen LogP contribution in [-0.2, 0) is 19.1 Å². The number of rotatable bonds is 10. The first kappa shape index (κ1) is 24.7. The van der Waals surface area contributed by atoms with E-state index in [0.717, 1.165) is 17.5 Å². The van der Waals surface area contributed by atoms with E-state index in [0.29, 0.717) is 12.8 Å². The van der Waals surface area contributed by atoms with Gasteiger partial charge in [-0.25, -0.2) is 4.79 Å². The first-order valence-electron chi connectivity index (χ1n) is 12.2. The number of carbonyl (C=O) groups excluding carboxylic acids is 2. The molecular weight excluding hydrogens is 448 g/mol. The van der Waals surface area contributed by atoms with Crippen molar-refractivity contribution < 1.29 is 29.0 Å². The second kappa shape index (κ2) is 11.4. The standard InChI is InChI=1S/C27H32N2O6/c1-2-7-17(26(31)32)13-28-25(30)18-12-19(34-15-18)14-29-27(33)35-16-24-22-10-5-3-8-20(22)21-9-4-6-11-23(21)24/h3-6,8-11,17-19,24H,2,7,12-16H2,1H3,(H,28,30)(H,29,33)(H,31,32). The lowest BCUT2D eigenvalue weighted by Gasteiger charge is -2.16. The molecule has 35 heavy (non-hydrogen) atoms. The maximum absolute atomic E-state index is 12.4. The van der Waals surface area contributed by atoms with Crippen LogP contribution in [0.25, 0.3) is 11.1 Å². The average molecular weight is 481 g/mol. The van der Waals surface area contributed by atoms with Crippen LogP contribution in [0.1, 0.15) is 43.2 Å². The molecule has 8 heteroatoms. The molecule has 3 N–H and O–H groups in total. The zero-order valence-electron chi connectivity index (χ0n) is 19.9. The summed E-state index contributed by atoms with van der Waals surface area (Å²) < 4.78 is 11.2. The van der Waals surface area contributed by atoms with E-state index in [9.17, 15) is 19.5 Å². The lowest BCUT2D eigenvalue weighted by atomic mass is 9.98. The highest BCUT2D eigenvalue weighted by molar-refractivity contribution is 5.80. The molecule has 3 atom stereocenters. The van der Waals surface area contributed by atoms with E-state index < -0.39 is 18.0 Å². The number of hydrogen-bond acceptors (Lipinski definition) is 5. The number of carbonyl (C=O) groups is 3. The summed E-state index contributed by atoms with van der Waals surface area (Å²) in [5, 5.41) is 14.7. The summed E-state index contributed by atoms with van der Waals surface area (Å²) in [6, 6.07) is 16.3. The minimum Gasteiger partial charge on any atom is -0.481 e. The molecule has 8 nitrogen and oxygen atoms in total. The van der Waals surface area contributed by atoms with Gasteiger partial charge < -0.3 is 25.2 Å². The third-order valence-electron chi connectivity index (χ3n) is 6.78. The highest BCUT2D eigenvalue weighted by Gasteiger charge is 2.32. The summed E-state index contributed by atoms with van der Waals surface area (Å²) in [7, 11) is 0. The van der Waals surface area contributed by atoms with Gasteiger partial charge in [-0.1, -0.05) is 61.9 Å². The van der Waals surface area contributed by atoms with E-state index in [-0.39, 0.29) is 50.2 Å². The molecule has 3 unspecified atom stereocenters. The SMILES string of the molecule is CCCC(CNC(=O)C1COC(CNC(=O)OCC2c3ccccc3-c3ccccc32)C1)C(=O)O. The van der Waals surface area contributed by atoms with Gasteiger partial charge in [-0.15, -0.1) is 0 Å². The number of hydrogen-bond donors (Lipinski definition) is 3. The minimum absolute atomic E-state index is 0.00806. The third-order valence-corrected chi connectivity index (χ3v) is 6.78. The van der Waals surface area contributed by atoms with Crippen LogP contribution < -0.4 is 10.6 Å². The van der Waals surface area contributed by atoms with Gasteiger partial charge in [0.15, 0.2) is 0 Å². The molecule has 186 valence electrons. The van der Waals surface area contributed by atoms with Crippen LogP contribution in [-0.4, -0.2) is 55.5 Å². The first-order valence-corrected chi connectivity index (χ1v) is 12.2. The van der Waals surface area contributed by atoms with Crippen molar-refractivity contribution in [1.29, 1.82) is 0 Å². The maximum atomic E-state index is 12.4. The van der Waals surface area contributed by atoms with Gasteiger partial charge in [-0.05, 0) is 35.1 Å². The smallest absolute Gasteiger partial charge is 0.407 e. The van der Waals surface area contributed by atoms with Crippen molar-refractivity contribution in [2.45, 2.75) is 38.2 Å². The Morgan fingerprint density at radius 1 is 1.06 bits per heavy atom. The van der Waals surface area contributed by atoms with Gasteiger partial charge in [0.05, 0.1) is 24.5 Å². The van der Waals surface area contributed by atoms with E-state index in [1.807, 2.05) is 31.2 Å². The summed E-state index contributed by atoms with van der Waals surface area (Å²) >= 11 is 0. The fraction of sp³-hybridized carbons (Fsp3) is 0.444. The van der Waals surface area contributed by atoms with Gasteiger partial charge in [-0.2, -0.15) is 0 Å². The van der Waals surface area contributed by atoms with Crippen LogP contribution in [0.5, 0.6) is 0 Å². The molecule has 1 heterocycles. The number of ether oxygens (including phenoxy) is 2. The molecule has 0 aromatic heterocycles. The van der Waals surface area contributed by atoms with E-state index in [1.165, 1.54) is 11.1 Å². The van der Waals surface area contributed by atoms with Crippen molar-refractivity contribution in [3.63, 3.8) is 0 Å². The Balaban J connectivity index is 1.21. The molecule has 0 radical (unpaired) electrons. The zero-order valence-corrected chi connectivity index (χ0v) is 19.9. The molecule has 2 aliphatic rings. The molecule has 0 bridgehead atoms. The van der Waals surface area contributed by atoms with Crippen LogP contribution >= 0.6 is 0 Å². The van der Waals surface area contributed by atoms with Gasteiger partial charge in [0, 0.05) is 19.0 Å². The molecule has 0 saturated carbocycles. The fourth-order valence-corrected chi connectivity index (χ4v) is 4.91. The van der Waals surface area contributed by atoms with Gasteiger partial charge in [0.25, 0.3) is 0 Å². The van der Waals surface area contributed by atoms with Crippen molar-refractivity contribution >= 4 is 18.0 Å². The summed E-state index contributed by atoms with van der Waals surface area (Å²) in [6.07, 6.45) is 0.900. The molecule has 1 saturated heterocycles. The van der Waals surface area contributed by atoms with Crippen molar-refractivity contribution in [2.24, 2.45) is 11.8 Å². The van der Waals surface area contributed by atoms with Crippen molar-refractivity contribution in [1.82, 2.24) is 10.6 Å². The molecule has 1 aliphatic heterocycles. The number of alkyl carbamates (subject to hydrolysis) is 1. The lowest BCUT2D eigenvalue weighted by Crippen LogP contribution is -2.37. The predicted octanol–water partition coefficient (Wildman–Crippen LogP) is 3.55. The van der Waals surface area contributed by atoms with Gasteiger partial charge in [0.2, 0.25) is 5.91 Å². The Labute approximate surface area is 205 Å². The molecule has 0 spiro atoms. The molecule has 2 aromatic carbocycles. The number of carboxylic acid groups (broad SMARTS) is 1. The van der Waals surface area contributed by atoms with Crippen LogP contribution in [0.2, 0.25) is 0 Å². The van der Waals surface area contributed by atoms with Gasteiger partial charge in [-0.3, -0.25) is 9.59 Å². The number of nitrogens with one attached hydrogen (secondary N) is 2. The monoisotopic (exact) mass is 480 g/mol. The Kier molecular flexibility index (Phi) is 8.02. The average Bonchev–Trinajstić information content (AvgIpc) is 3.47. The minimum atomic E-state index is -0.903. The Hall–Kier alpha value is -3.39. The van der Waals surface area contributed by atoms with E-state index >= 15 is 0 Å². The normalized spacial score (nSPS) is 19.5. The highest BCUT2D eigenvalue weighted by Crippen LogP contribution is 2.44. The topological polar surface area (TPSA) is 114 Å². The number of carboxylic acids is 1. The van der Waals surface area contributed by atoms with Gasteiger partial charge in [0.1, 0.15) is 6.61 Å². The Morgan fingerprint density at radius 2 is 1.71 bits per heavy atom. The molecule has 1 aliphatic carbocycles. The summed E-state index contributed by atoms with van der Waals surface area (Å²) in [5.74, 6) is -2.07. The predicted molar refractivity (Wildman–Crippen MR) is 130 cm³/mol. The number of amides is 2. The van der Waals surface area contributed by atoms with E-state index in [1.54, 1.807) is 0 Å². The second-order valence-corrected chi connectivity index (χ2v) is 9.16. The molecule has 2 amide bonds. The summed E-state index contributed by atoms with van der Waals surface area (Å²) in [6.45, 7) is 2.75. The third kappa shape index (κ3) is 5.82. The van der Waals surface area contributed by atoms with Crippen molar-refractivity contribution in [3.05, 3.63) is 59.7 Å². The Bertz CT molecular complexity index is 1030. The highest BCUT2D eigenvalue weighted by atomic mass is 16.5. The van der Waals surface area contributed by atoms with Crippen LogP contribution in [0.15, 0.2) is 48.5 Å². The summed E-state index contributed by atoms with van der Waals surface area (Å²) in [5.41, 5.74) is 4.65. The number of benzene rings is 2. The largest absolute Gasteiger partial charge is 0.481 e. The maximum Gasteiger partial charge on any atom is 0.407 e. The number of fused-ring (bicyclic) bond motifs is 3. The quantitative estimate of drug-likeness (QED) is 0.479. The van der Waals surface area contributed by atoms with Crippen molar-refractivity contribution in [2.75, 3.05) is 26.3 Å².